The highest BCUT2D eigenvalue weighted by atomic mass is 16.5. The number of carbonyl (C=O) groups excluding carboxylic acids is 2. The average Bonchev–Trinajstić information content (AvgIpc) is 2.61. The fourth-order valence-corrected chi connectivity index (χ4v) is 1.94. The molecule has 0 saturated heterocycles. The largest absolute Gasteiger partial charge is 0.484 e. The van der Waals surface area contributed by atoms with E-state index in [1.807, 2.05) is 25.1 Å². The van der Waals surface area contributed by atoms with Crippen LogP contribution >= 0.6 is 0 Å². The van der Waals surface area contributed by atoms with Crippen molar-refractivity contribution in [2.75, 3.05) is 18.5 Å². The molecule has 0 aromatic heterocycles. The molecule has 5 nitrogen and oxygen atoms in total. The van der Waals surface area contributed by atoms with Gasteiger partial charge in [0, 0.05) is 5.69 Å². The first-order valence-electron chi connectivity index (χ1n) is 7.94. The van der Waals surface area contributed by atoms with Gasteiger partial charge < -0.3 is 14.8 Å². The van der Waals surface area contributed by atoms with Crippen LogP contribution in [0.25, 0.3) is 0 Å². The average molecular weight is 327 g/mol. The Bertz CT molecular complexity index is 653. The number of ether oxygens (including phenoxy) is 2. The molecule has 5 heteroatoms. The first-order valence-corrected chi connectivity index (χ1v) is 7.94. The van der Waals surface area contributed by atoms with Crippen LogP contribution in [0.2, 0.25) is 0 Å². The summed E-state index contributed by atoms with van der Waals surface area (Å²) in [5, 5.41) is 2.71. The molecule has 0 aliphatic rings. The summed E-state index contributed by atoms with van der Waals surface area (Å²) < 4.78 is 10.5. The van der Waals surface area contributed by atoms with E-state index in [1.54, 1.807) is 36.4 Å². The van der Waals surface area contributed by atoms with Crippen molar-refractivity contribution in [2.45, 2.75) is 19.8 Å². The van der Waals surface area contributed by atoms with E-state index in [4.69, 9.17) is 9.47 Å². The third-order valence-electron chi connectivity index (χ3n) is 3.25. The fourth-order valence-electron chi connectivity index (χ4n) is 1.94. The van der Waals surface area contributed by atoms with Gasteiger partial charge in [-0.2, -0.15) is 0 Å². The van der Waals surface area contributed by atoms with Crippen molar-refractivity contribution >= 4 is 17.6 Å². The Balaban J connectivity index is 1.80. The van der Waals surface area contributed by atoms with Gasteiger partial charge in [0.05, 0.1) is 12.2 Å². The minimum absolute atomic E-state index is 0.0785. The van der Waals surface area contributed by atoms with Crippen LogP contribution in [0, 0.1) is 0 Å². The van der Waals surface area contributed by atoms with Crippen molar-refractivity contribution in [2.24, 2.45) is 0 Å². The van der Waals surface area contributed by atoms with Gasteiger partial charge >= 0.3 is 5.97 Å². The Labute approximate surface area is 141 Å². The molecule has 0 atom stereocenters. The lowest BCUT2D eigenvalue weighted by molar-refractivity contribution is -0.118. The molecule has 0 fully saturated rings. The Kier molecular flexibility index (Phi) is 6.83. The van der Waals surface area contributed by atoms with Crippen LogP contribution in [0.3, 0.4) is 0 Å². The minimum Gasteiger partial charge on any atom is -0.484 e. The quantitative estimate of drug-likeness (QED) is 0.593. The topological polar surface area (TPSA) is 64.6 Å². The van der Waals surface area contributed by atoms with E-state index >= 15 is 0 Å². The third-order valence-corrected chi connectivity index (χ3v) is 3.25. The molecule has 24 heavy (non-hydrogen) atoms. The predicted molar refractivity (Wildman–Crippen MR) is 92.2 cm³/mol. The number of unbranched alkanes of at least 4 members (excludes halogenated alkanes) is 1. The Morgan fingerprint density at radius 3 is 2.38 bits per heavy atom. The van der Waals surface area contributed by atoms with E-state index in [2.05, 4.69) is 5.32 Å². The Morgan fingerprint density at radius 2 is 1.71 bits per heavy atom. The summed E-state index contributed by atoms with van der Waals surface area (Å²) in [5.74, 6) is 0.0173. The number of hydrogen-bond donors (Lipinski definition) is 1. The van der Waals surface area contributed by atoms with Gasteiger partial charge in [-0.05, 0) is 42.8 Å². The zero-order valence-electron chi connectivity index (χ0n) is 13.7. The number of hydrogen-bond acceptors (Lipinski definition) is 4. The summed E-state index contributed by atoms with van der Waals surface area (Å²) in [7, 11) is 0. The number of carbonyl (C=O) groups is 2. The number of rotatable bonds is 8. The van der Waals surface area contributed by atoms with Gasteiger partial charge in [0.2, 0.25) is 0 Å². The summed E-state index contributed by atoms with van der Waals surface area (Å²) >= 11 is 0. The Hall–Kier alpha value is -2.82. The summed E-state index contributed by atoms with van der Waals surface area (Å²) in [6, 6.07) is 15.7. The maximum Gasteiger partial charge on any atom is 0.338 e. The lowest BCUT2D eigenvalue weighted by Crippen LogP contribution is -2.20. The molecular formula is C19H21NO4. The molecule has 2 aromatic rings. The molecule has 2 aromatic carbocycles. The fraction of sp³-hybridized carbons (Fsp3) is 0.263. The summed E-state index contributed by atoms with van der Waals surface area (Å²) in [6.45, 7) is 2.38. The van der Waals surface area contributed by atoms with Crippen molar-refractivity contribution in [1.82, 2.24) is 0 Å². The number of esters is 1. The van der Waals surface area contributed by atoms with E-state index in [1.165, 1.54) is 0 Å². The maximum absolute atomic E-state index is 11.9. The molecule has 0 aliphatic heterocycles. The molecule has 2 rings (SSSR count). The van der Waals surface area contributed by atoms with Crippen LogP contribution in [0.15, 0.2) is 54.6 Å². The van der Waals surface area contributed by atoms with E-state index in [0.717, 1.165) is 12.8 Å². The highest BCUT2D eigenvalue weighted by Crippen LogP contribution is 2.12. The maximum atomic E-state index is 11.9. The third kappa shape index (κ3) is 5.76. The van der Waals surface area contributed by atoms with Crippen molar-refractivity contribution in [1.29, 1.82) is 0 Å². The highest BCUT2D eigenvalue weighted by Gasteiger charge is 2.08. The first kappa shape index (κ1) is 17.5. The number of para-hydroxylation sites is 1. The van der Waals surface area contributed by atoms with E-state index in [9.17, 15) is 9.59 Å². The van der Waals surface area contributed by atoms with Crippen molar-refractivity contribution in [3.8, 4) is 5.75 Å². The molecule has 0 heterocycles. The lowest BCUT2D eigenvalue weighted by atomic mass is 10.2. The molecule has 0 bridgehead atoms. The normalized spacial score (nSPS) is 10.0. The molecule has 0 unspecified atom stereocenters. The van der Waals surface area contributed by atoms with Crippen molar-refractivity contribution in [3.05, 3.63) is 60.2 Å². The zero-order valence-corrected chi connectivity index (χ0v) is 13.7. The molecule has 0 aliphatic carbocycles. The molecule has 126 valence electrons. The van der Waals surface area contributed by atoms with Crippen LogP contribution in [0.1, 0.15) is 30.1 Å². The number of amides is 1. The molecule has 1 N–H and O–H groups in total. The van der Waals surface area contributed by atoms with Gasteiger partial charge in [0.25, 0.3) is 5.91 Å². The second-order valence-corrected chi connectivity index (χ2v) is 5.22. The number of benzene rings is 2. The molecule has 0 radical (unpaired) electrons. The van der Waals surface area contributed by atoms with Gasteiger partial charge in [-0.25, -0.2) is 4.79 Å². The Morgan fingerprint density at radius 1 is 1.00 bits per heavy atom. The zero-order chi connectivity index (χ0) is 17.2. The smallest absolute Gasteiger partial charge is 0.338 e. The van der Waals surface area contributed by atoms with Gasteiger partial charge in [0.1, 0.15) is 5.75 Å². The van der Waals surface area contributed by atoms with Crippen LogP contribution in [-0.4, -0.2) is 25.1 Å². The molecular weight excluding hydrogens is 306 g/mol. The van der Waals surface area contributed by atoms with Crippen LogP contribution < -0.4 is 10.1 Å². The first-order chi connectivity index (χ1) is 11.7. The number of nitrogens with one attached hydrogen (secondary N) is 1. The van der Waals surface area contributed by atoms with E-state index in [-0.39, 0.29) is 18.5 Å². The monoisotopic (exact) mass is 327 g/mol. The molecule has 0 saturated carbocycles. The SMILES string of the molecule is CCCCOC(=O)c1ccc(NC(=O)COc2ccccc2)cc1. The standard InChI is InChI=1S/C19H21NO4/c1-2-3-13-23-19(22)15-9-11-16(12-10-15)20-18(21)14-24-17-7-5-4-6-8-17/h4-12H,2-3,13-14H2,1H3,(H,20,21). The van der Waals surface area contributed by atoms with Crippen molar-refractivity contribution in [3.63, 3.8) is 0 Å². The van der Waals surface area contributed by atoms with E-state index < -0.39 is 0 Å². The van der Waals surface area contributed by atoms with Crippen molar-refractivity contribution < 1.29 is 19.1 Å². The number of anilines is 1. The molecule has 1 amide bonds. The summed E-state index contributed by atoms with van der Waals surface area (Å²) in [6.07, 6.45) is 1.82. The van der Waals surface area contributed by atoms with Gasteiger partial charge in [0.15, 0.2) is 6.61 Å². The summed E-state index contributed by atoms with van der Waals surface area (Å²) in [4.78, 5) is 23.6. The van der Waals surface area contributed by atoms with E-state index in [0.29, 0.717) is 23.6 Å². The van der Waals surface area contributed by atoms with Crippen LogP contribution in [0.4, 0.5) is 5.69 Å². The summed E-state index contributed by atoms with van der Waals surface area (Å²) in [5.41, 5.74) is 1.06. The second-order valence-electron chi connectivity index (χ2n) is 5.22. The second kappa shape index (κ2) is 9.35. The lowest BCUT2D eigenvalue weighted by Gasteiger charge is -2.08. The minimum atomic E-state index is -0.353. The highest BCUT2D eigenvalue weighted by molar-refractivity contribution is 5.93. The van der Waals surface area contributed by atoms with Crippen LogP contribution in [-0.2, 0) is 9.53 Å². The predicted octanol–water partition coefficient (Wildman–Crippen LogP) is 3.66. The van der Waals surface area contributed by atoms with Gasteiger partial charge in [-0.3, -0.25) is 4.79 Å². The van der Waals surface area contributed by atoms with Crippen LogP contribution in [0.5, 0.6) is 5.75 Å². The van der Waals surface area contributed by atoms with Gasteiger partial charge in [-0.1, -0.05) is 31.5 Å². The van der Waals surface area contributed by atoms with Gasteiger partial charge in [-0.15, -0.1) is 0 Å². The molecule has 0 spiro atoms.